The molecule has 0 saturated heterocycles. The topological polar surface area (TPSA) is 57.0 Å². The van der Waals surface area contributed by atoms with Crippen LogP contribution in [0.2, 0.25) is 0 Å². The monoisotopic (exact) mass is 231 g/mol. The lowest BCUT2D eigenvalue weighted by Crippen LogP contribution is -1.83. The number of aryl methyl sites for hydroxylation is 1. The van der Waals surface area contributed by atoms with E-state index in [1.54, 1.807) is 18.3 Å². The summed E-state index contributed by atoms with van der Waals surface area (Å²) in [7, 11) is 1.85. The molecule has 5 heteroatoms. The smallest absolute Gasteiger partial charge is 0.171 e. The molecule has 2 heterocycles. The van der Waals surface area contributed by atoms with Gasteiger partial charge in [-0.2, -0.15) is 0 Å². The van der Waals surface area contributed by atoms with Gasteiger partial charge in [0, 0.05) is 30.3 Å². The van der Waals surface area contributed by atoms with Crippen LogP contribution in [0, 0.1) is 5.82 Å². The van der Waals surface area contributed by atoms with E-state index < -0.39 is 0 Å². The Morgan fingerprint density at radius 2 is 2.24 bits per heavy atom. The summed E-state index contributed by atoms with van der Waals surface area (Å²) in [4.78, 5) is 0. The zero-order valence-corrected chi connectivity index (χ0v) is 9.14. The van der Waals surface area contributed by atoms with Gasteiger partial charge in [-0.1, -0.05) is 11.2 Å². The standard InChI is InChI=1S/C12H10FN3O/c1-16-6-7(10-5-11(14)15-17-10)12-8(13)3-2-4-9(12)16/h2-6H,1H3,(H2,14,15). The number of benzene rings is 1. The fraction of sp³-hybridized carbons (Fsp3) is 0.0833. The second-order valence-electron chi connectivity index (χ2n) is 3.90. The van der Waals surface area contributed by atoms with Crippen LogP contribution in [-0.4, -0.2) is 9.72 Å². The van der Waals surface area contributed by atoms with Crippen molar-refractivity contribution < 1.29 is 8.91 Å². The number of anilines is 1. The van der Waals surface area contributed by atoms with Gasteiger partial charge in [0.25, 0.3) is 0 Å². The Labute approximate surface area is 96.4 Å². The van der Waals surface area contributed by atoms with Gasteiger partial charge in [0.1, 0.15) is 5.82 Å². The van der Waals surface area contributed by atoms with Crippen molar-refractivity contribution in [2.24, 2.45) is 7.05 Å². The van der Waals surface area contributed by atoms with Gasteiger partial charge in [-0.3, -0.25) is 0 Å². The summed E-state index contributed by atoms with van der Waals surface area (Å²) in [6, 6.07) is 6.53. The molecule has 0 amide bonds. The molecular formula is C12H10FN3O. The third kappa shape index (κ3) is 1.39. The zero-order chi connectivity index (χ0) is 12.0. The number of halogens is 1. The molecule has 0 radical (unpaired) electrons. The number of nitrogens with two attached hydrogens (primary N) is 1. The van der Waals surface area contributed by atoms with Crippen molar-refractivity contribution in [2.45, 2.75) is 0 Å². The minimum Gasteiger partial charge on any atom is -0.381 e. The molecule has 0 aliphatic heterocycles. The van der Waals surface area contributed by atoms with Gasteiger partial charge >= 0.3 is 0 Å². The van der Waals surface area contributed by atoms with Crippen LogP contribution in [0.15, 0.2) is 35.0 Å². The number of hydrogen-bond donors (Lipinski definition) is 1. The van der Waals surface area contributed by atoms with E-state index in [4.69, 9.17) is 10.3 Å². The van der Waals surface area contributed by atoms with Crippen molar-refractivity contribution in [3.05, 3.63) is 36.3 Å². The van der Waals surface area contributed by atoms with E-state index in [-0.39, 0.29) is 11.6 Å². The number of nitrogens with zero attached hydrogens (tertiary/aromatic N) is 2. The van der Waals surface area contributed by atoms with Gasteiger partial charge in [0.2, 0.25) is 0 Å². The third-order valence-corrected chi connectivity index (χ3v) is 2.76. The Morgan fingerprint density at radius 1 is 1.41 bits per heavy atom. The first-order valence-electron chi connectivity index (χ1n) is 5.13. The van der Waals surface area contributed by atoms with Crippen LogP contribution in [0.3, 0.4) is 0 Å². The first-order chi connectivity index (χ1) is 8.16. The number of fused-ring (bicyclic) bond motifs is 1. The number of aromatic nitrogens is 2. The minimum absolute atomic E-state index is 0.284. The Kier molecular flexibility index (Phi) is 1.95. The fourth-order valence-electron chi connectivity index (χ4n) is 2.00. The summed E-state index contributed by atoms with van der Waals surface area (Å²) in [6.45, 7) is 0. The molecule has 86 valence electrons. The molecule has 0 fully saturated rings. The van der Waals surface area contributed by atoms with Crippen LogP contribution in [-0.2, 0) is 7.05 Å². The van der Waals surface area contributed by atoms with E-state index >= 15 is 0 Å². The molecular weight excluding hydrogens is 221 g/mol. The summed E-state index contributed by atoms with van der Waals surface area (Å²) < 4.78 is 20.8. The quantitative estimate of drug-likeness (QED) is 0.700. The van der Waals surface area contributed by atoms with Gasteiger partial charge in [0.15, 0.2) is 11.6 Å². The van der Waals surface area contributed by atoms with Crippen LogP contribution in [0.5, 0.6) is 0 Å². The van der Waals surface area contributed by atoms with E-state index in [1.165, 1.54) is 6.07 Å². The molecule has 0 unspecified atom stereocenters. The van der Waals surface area contributed by atoms with Crippen LogP contribution < -0.4 is 5.73 Å². The van der Waals surface area contributed by atoms with Crippen molar-refractivity contribution in [1.29, 1.82) is 0 Å². The molecule has 17 heavy (non-hydrogen) atoms. The minimum atomic E-state index is -0.284. The highest BCUT2D eigenvalue weighted by Gasteiger charge is 2.15. The van der Waals surface area contributed by atoms with Crippen LogP contribution in [0.1, 0.15) is 0 Å². The average molecular weight is 231 g/mol. The van der Waals surface area contributed by atoms with E-state index in [0.717, 1.165) is 5.52 Å². The van der Waals surface area contributed by atoms with Crippen molar-refractivity contribution in [3.8, 4) is 11.3 Å². The normalized spacial score (nSPS) is 11.2. The van der Waals surface area contributed by atoms with E-state index in [1.807, 2.05) is 17.7 Å². The van der Waals surface area contributed by atoms with Gasteiger partial charge in [-0.05, 0) is 12.1 Å². The second kappa shape index (κ2) is 3.35. The summed E-state index contributed by atoms with van der Waals surface area (Å²) in [6.07, 6.45) is 1.80. The summed E-state index contributed by atoms with van der Waals surface area (Å²) in [5.41, 5.74) is 6.96. The second-order valence-corrected chi connectivity index (χ2v) is 3.90. The van der Waals surface area contributed by atoms with Gasteiger partial charge in [0.05, 0.1) is 5.52 Å². The Morgan fingerprint density at radius 3 is 2.94 bits per heavy atom. The molecule has 3 rings (SSSR count). The highest BCUT2D eigenvalue weighted by molar-refractivity contribution is 5.95. The number of rotatable bonds is 1. The predicted molar refractivity (Wildman–Crippen MR) is 62.8 cm³/mol. The van der Waals surface area contributed by atoms with E-state index in [9.17, 15) is 4.39 Å². The Hall–Kier alpha value is -2.30. The summed E-state index contributed by atoms with van der Waals surface area (Å²) >= 11 is 0. The highest BCUT2D eigenvalue weighted by atomic mass is 19.1. The molecule has 0 saturated carbocycles. The lowest BCUT2D eigenvalue weighted by Gasteiger charge is -1.96. The van der Waals surface area contributed by atoms with Crippen LogP contribution in [0.25, 0.3) is 22.2 Å². The molecule has 3 aromatic rings. The first kappa shape index (κ1) is 9.89. The Balaban J connectivity index is 2.37. The van der Waals surface area contributed by atoms with Gasteiger partial charge in [-0.25, -0.2) is 4.39 Å². The molecule has 2 N–H and O–H groups in total. The van der Waals surface area contributed by atoms with E-state index in [0.29, 0.717) is 16.7 Å². The molecule has 0 bridgehead atoms. The number of hydrogen-bond acceptors (Lipinski definition) is 3. The molecule has 0 spiro atoms. The highest BCUT2D eigenvalue weighted by Crippen LogP contribution is 2.32. The number of nitrogen functional groups attached to an aromatic ring is 1. The summed E-state index contributed by atoms with van der Waals surface area (Å²) in [5, 5.41) is 4.13. The SMILES string of the molecule is Cn1cc(-c2cc(N)no2)c2c(F)cccc21. The van der Waals surface area contributed by atoms with Crippen molar-refractivity contribution in [2.75, 3.05) is 5.73 Å². The largest absolute Gasteiger partial charge is 0.381 e. The average Bonchev–Trinajstić information content (AvgIpc) is 2.85. The molecule has 4 nitrogen and oxygen atoms in total. The lowest BCUT2D eigenvalue weighted by atomic mass is 10.1. The van der Waals surface area contributed by atoms with Gasteiger partial charge < -0.3 is 14.8 Å². The van der Waals surface area contributed by atoms with Crippen LogP contribution >= 0.6 is 0 Å². The zero-order valence-electron chi connectivity index (χ0n) is 9.14. The Bertz CT molecular complexity index is 699. The molecule has 1 aromatic carbocycles. The maximum absolute atomic E-state index is 13.8. The van der Waals surface area contributed by atoms with Crippen molar-refractivity contribution in [3.63, 3.8) is 0 Å². The van der Waals surface area contributed by atoms with Crippen LogP contribution in [0.4, 0.5) is 10.2 Å². The molecule has 2 aromatic heterocycles. The fourth-order valence-corrected chi connectivity index (χ4v) is 2.00. The maximum Gasteiger partial charge on any atom is 0.171 e. The lowest BCUT2D eigenvalue weighted by molar-refractivity contribution is 0.436. The molecule has 0 atom stereocenters. The third-order valence-electron chi connectivity index (χ3n) is 2.76. The maximum atomic E-state index is 13.8. The van der Waals surface area contributed by atoms with Gasteiger partial charge in [-0.15, -0.1) is 0 Å². The van der Waals surface area contributed by atoms with Crippen molar-refractivity contribution >= 4 is 16.7 Å². The molecule has 0 aliphatic carbocycles. The molecule has 0 aliphatic rings. The van der Waals surface area contributed by atoms with E-state index in [2.05, 4.69) is 5.16 Å². The predicted octanol–water partition coefficient (Wildman–Crippen LogP) is 2.55. The summed E-state index contributed by atoms with van der Waals surface area (Å²) in [5.74, 6) is 0.472. The van der Waals surface area contributed by atoms with Crippen molar-refractivity contribution in [1.82, 2.24) is 9.72 Å². The first-order valence-corrected chi connectivity index (χ1v) is 5.13.